The molecule has 2 atom stereocenters. The van der Waals surface area contributed by atoms with E-state index in [0.29, 0.717) is 13.1 Å². The van der Waals surface area contributed by atoms with Gasteiger partial charge in [0.25, 0.3) is 0 Å². The van der Waals surface area contributed by atoms with Crippen LogP contribution in [-0.4, -0.2) is 78.6 Å². The molecule has 1 heterocycles. The van der Waals surface area contributed by atoms with E-state index in [9.17, 15) is 14.7 Å². The molecule has 0 bridgehead atoms. The lowest BCUT2D eigenvalue weighted by Crippen LogP contribution is -2.61. The summed E-state index contributed by atoms with van der Waals surface area (Å²) in [4.78, 5) is 28.3. The molecule has 8 heteroatoms. The van der Waals surface area contributed by atoms with Gasteiger partial charge in [0, 0.05) is 19.6 Å². The molecule has 29 heavy (non-hydrogen) atoms. The fraction of sp³-hybridized carbons (Fsp3) is 0.619. The average molecular weight is 408 g/mol. The van der Waals surface area contributed by atoms with Crippen LogP contribution in [0.5, 0.6) is 5.75 Å². The summed E-state index contributed by atoms with van der Waals surface area (Å²) < 4.78 is 15.5. The van der Waals surface area contributed by atoms with Gasteiger partial charge in [-0.1, -0.05) is 12.1 Å². The SMILES string of the molecule is COC(=O)CC1CN(Cc2ccc(OC)cc2)C(CO)CN1C(=O)OC(C)(C)C. The van der Waals surface area contributed by atoms with Gasteiger partial charge in [0.1, 0.15) is 11.4 Å². The molecule has 0 aromatic heterocycles. The van der Waals surface area contributed by atoms with Gasteiger partial charge < -0.3 is 24.2 Å². The predicted molar refractivity (Wildman–Crippen MR) is 108 cm³/mol. The topological polar surface area (TPSA) is 88.5 Å². The number of methoxy groups -OCH3 is 2. The van der Waals surface area contributed by atoms with E-state index in [2.05, 4.69) is 4.90 Å². The Labute approximate surface area is 172 Å². The molecule has 1 aromatic rings. The first-order valence-electron chi connectivity index (χ1n) is 9.71. The van der Waals surface area contributed by atoms with Gasteiger partial charge in [-0.15, -0.1) is 0 Å². The molecule has 1 N–H and O–H groups in total. The van der Waals surface area contributed by atoms with E-state index in [0.717, 1.165) is 11.3 Å². The van der Waals surface area contributed by atoms with Gasteiger partial charge in [0.05, 0.1) is 39.3 Å². The molecule has 0 aliphatic carbocycles. The van der Waals surface area contributed by atoms with Crippen LogP contribution in [0.15, 0.2) is 24.3 Å². The molecule has 1 aromatic carbocycles. The van der Waals surface area contributed by atoms with Gasteiger partial charge in [-0.3, -0.25) is 9.69 Å². The number of amides is 1. The van der Waals surface area contributed by atoms with Crippen LogP contribution in [0.2, 0.25) is 0 Å². The number of hydrogen-bond donors (Lipinski definition) is 1. The number of benzene rings is 1. The zero-order chi connectivity index (χ0) is 21.6. The quantitative estimate of drug-likeness (QED) is 0.721. The van der Waals surface area contributed by atoms with Crippen LogP contribution >= 0.6 is 0 Å². The fourth-order valence-electron chi connectivity index (χ4n) is 3.34. The number of carbonyl (C=O) groups excluding carboxylic acids is 2. The minimum absolute atomic E-state index is 0.0625. The van der Waals surface area contributed by atoms with Crippen molar-refractivity contribution in [2.45, 2.75) is 51.4 Å². The van der Waals surface area contributed by atoms with Crippen LogP contribution in [-0.2, 0) is 20.8 Å². The van der Waals surface area contributed by atoms with Crippen LogP contribution in [0.1, 0.15) is 32.8 Å². The number of hydrogen-bond acceptors (Lipinski definition) is 7. The zero-order valence-electron chi connectivity index (χ0n) is 17.9. The lowest BCUT2D eigenvalue weighted by molar-refractivity contribution is -0.143. The molecule has 1 aliphatic rings. The van der Waals surface area contributed by atoms with Crippen molar-refractivity contribution in [3.63, 3.8) is 0 Å². The molecule has 0 radical (unpaired) electrons. The van der Waals surface area contributed by atoms with E-state index in [-0.39, 0.29) is 25.6 Å². The number of piperazine rings is 1. The first kappa shape index (κ1) is 23.0. The average Bonchev–Trinajstić information content (AvgIpc) is 2.67. The van der Waals surface area contributed by atoms with Crippen molar-refractivity contribution >= 4 is 12.1 Å². The summed E-state index contributed by atoms with van der Waals surface area (Å²) in [6.45, 7) is 6.54. The summed E-state index contributed by atoms with van der Waals surface area (Å²) in [6.07, 6.45) is -0.429. The third-order valence-electron chi connectivity index (χ3n) is 4.82. The number of nitrogens with zero attached hydrogens (tertiary/aromatic N) is 2. The van der Waals surface area contributed by atoms with Gasteiger partial charge in [-0.25, -0.2) is 4.79 Å². The molecule has 0 saturated carbocycles. The summed E-state index contributed by atoms with van der Waals surface area (Å²) in [5.41, 5.74) is 0.397. The Morgan fingerprint density at radius 1 is 1.10 bits per heavy atom. The second kappa shape index (κ2) is 9.93. The second-order valence-corrected chi connectivity index (χ2v) is 8.18. The predicted octanol–water partition coefficient (Wildman–Crippen LogP) is 2.04. The fourth-order valence-corrected chi connectivity index (χ4v) is 3.34. The van der Waals surface area contributed by atoms with Crippen LogP contribution in [0, 0.1) is 0 Å². The maximum Gasteiger partial charge on any atom is 0.410 e. The highest BCUT2D eigenvalue weighted by atomic mass is 16.6. The summed E-state index contributed by atoms with van der Waals surface area (Å²) in [7, 11) is 2.94. The first-order chi connectivity index (χ1) is 13.7. The van der Waals surface area contributed by atoms with E-state index in [1.54, 1.807) is 27.9 Å². The molecular weight excluding hydrogens is 376 g/mol. The number of carbonyl (C=O) groups is 2. The molecule has 8 nitrogen and oxygen atoms in total. The van der Waals surface area contributed by atoms with E-state index in [1.807, 2.05) is 24.3 Å². The lowest BCUT2D eigenvalue weighted by atomic mass is 10.0. The normalized spacial score (nSPS) is 20.3. The Hall–Kier alpha value is -2.32. The summed E-state index contributed by atoms with van der Waals surface area (Å²) >= 11 is 0. The van der Waals surface area contributed by atoms with Crippen LogP contribution in [0.3, 0.4) is 0 Å². The van der Waals surface area contributed by atoms with Crippen molar-refractivity contribution in [3.8, 4) is 5.75 Å². The van der Waals surface area contributed by atoms with Gasteiger partial charge in [0.2, 0.25) is 0 Å². The Morgan fingerprint density at radius 2 is 1.76 bits per heavy atom. The van der Waals surface area contributed by atoms with E-state index in [4.69, 9.17) is 14.2 Å². The molecule has 1 amide bonds. The lowest BCUT2D eigenvalue weighted by Gasteiger charge is -2.45. The van der Waals surface area contributed by atoms with Crippen molar-refractivity contribution in [1.29, 1.82) is 0 Å². The monoisotopic (exact) mass is 408 g/mol. The van der Waals surface area contributed by atoms with Crippen molar-refractivity contribution < 1.29 is 28.9 Å². The third kappa shape index (κ3) is 6.61. The third-order valence-corrected chi connectivity index (χ3v) is 4.82. The molecule has 0 spiro atoms. The van der Waals surface area contributed by atoms with Crippen LogP contribution in [0.4, 0.5) is 4.79 Å². The molecule has 1 fully saturated rings. The second-order valence-electron chi connectivity index (χ2n) is 8.18. The zero-order valence-corrected chi connectivity index (χ0v) is 17.9. The molecule has 162 valence electrons. The van der Waals surface area contributed by atoms with Crippen LogP contribution in [0.25, 0.3) is 0 Å². The summed E-state index contributed by atoms with van der Waals surface area (Å²) in [5.74, 6) is 0.376. The Balaban J connectivity index is 2.19. The molecular formula is C21H32N2O6. The number of aliphatic hydroxyl groups is 1. The van der Waals surface area contributed by atoms with E-state index in [1.165, 1.54) is 12.0 Å². The minimum atomic E-state index is -0.651. The Kier molecular flexibility index (Phi) is 7.87. The standard InChI is InChI=1S/C21H32N2O6/c1-21(2,3)29-20(26)23-13-17(14-24)22(12-16(23)10-19(25)28-5)11-15-6-8-18(27-4)9-7-15/h6-9,16-17,24H,10-14H2,1-5H3. The maximum absolute atomic E-state index is 12.7. The van der Waals surface area contributed by atoms with Crippen molar-refractivity contribution in [2.75, 3.05) is 33.9 Å². The smallest absolute Gasteiger partial charge is 0.410 e. The van der Waals surface area contributed by atoms with Gasteiger partial charge >= 0.3 is 12.1 Å². The Bertz CT molecular complexity index is 685. The summed E-state index contributed by atoms with van der Waals surface area (Å²) in [5, 5.41) is 9.94. The van der Waals surface area contributed by atoms with Gasteiger partial charge in [0.15, 0.2) is 0 Å². The Morgan fingerprint density at radius 3 is 2.28 bits per heavy atom. The first-order valence-corrected chi connectivity index (χ1v) is 9.71. The van der Waals surface area contributed by atoms with E-state index >= 15 is 0 Å². The minimum Gasteiger partial charge on any atom is -0.497 e. The highest BCUT2D eigenvalue weighted by Gasteiger charge is 2.39. The largest absolute Gasteiger partial charge is 0.497 e. The van der Waals surface area contributed by atoms with Crippen molar-refractivity contribution in [2.24, 2.45) is 0 Å². The van der Waals surface area contributed by atoms with E-state index < -0.39 is 23.7 Å². The van der Waals surface area contributed by atoms with Crippen molar-refractivity contribution in [3.05, 3.63) is 29.8 Å². The molecule has 2 rings (SSSR count). The highest BCUT2D eigenvalue weighted by Crippen LogP contribution is 2.24. The highest BCUT2D eigenvalue weighted by molar-refractivity contribution is 5.73. The van der Waals surface area contributed by atoms with Gasteiger partial charge in [-0.05, 0) is 38.5 Å². The molecule has 1 saturated heterocycles. The molecule has 2 unspecified atom stereocenters. The number of rotatable bonds is 6. The maximum atomic E-state index is 12.7. The van der Waals surface area contributed by atoms with Crippen LogP contribution < -0.4 is 4.74 Å². The number of esters is 1. The number of ether oxygens (including phenoxy) is 3. The molecule has 1 aliphatic heterocycles. The van der Waals surface area contributed by atoms with Gasteiger partial charge in [-0.2, -0.15) is 0 Å². The van der Waals surface area contributed by atoms with Crippen molar-refractivity contribution in [1.82, 2.24) is 9.80 Å². The summed E-state index contributed by atoms with van der Waals surface area (Å²) in [6, 6.07) is 7.01. The number of aliphatic hydroxyl groups excluding tert-OH is 1.